The Hall–Kier alpha value is -0.540. The zero-order chi connectivity index (χ0) is 9.97. The van der Waals surface area contributed by atoms with Gasteiger partial charge in [0.05, 0.1) is 14.6 Å². The third-order valence-electron chi connectivity index (χ3n) is 1.43. The molecule has 0 aliphatic rings. The van der Waals surface area contributed by atoms with E-state index < -0.39 is 0 Å². The van der Waals surface area contributed by atoms with Gasteiger partial charge in [-0.1, -0.05) is 4.49 Å². The normalized spacial score (nSPS) is 10.1. The zero-order valence-electron chi connectivity index (χ0n) is 6.73. The highest BCUT2D eigenvalue weighted by Gasteiger charge is 2.08. The summed E-state index contributed by atoms with van der Waals surface area (Å²) in [5.41, 5.74) is 0.674. The van der Waals surface area contributed by atoms with Gasteiger partial charge >= 0.3 is 0 Å². The van der Waals surface area contributed by atoms with Crippen LogP contribution >= 0.6 is 45.5 Å². The molecule has 4 nitrogen and oxygen atoms in total. The van der Waals surface area contributed by atoms with Crippen molar-refractivity contribution in [3.8, 4) is 0 Å². The highest BCUT2D eigenvalue weighted by atomic mass is 127. The molecule has 7 heteroatoms. The fourth-order valence-corrected chi connectivity index (χ4v) is 2.58. The molecule has 2 aromatic rings. The van der Waals surface area contributed by atoms with Crippen LogP contribution in [0.3, 0.4) is 0 Å². The molecular formula is C7H4IN3OS2. The molecule has 2 heterocycles. The molecule has 0 aliphatic carbocycles. The number of anilines is 1. The molecule has 0 saturated carbocycles. The van der Waals surface area contributed by atoms with Gasteiger partial charge in [-0.05, 0) is 28.7 Å². The van der Waals surface area contributed by atoms with E-state index in [1.165, 1.54) is 6.20 Å². The van der Waals surface area contributed by atoms with E-state index in [4.69, 9.17) is 0 Å². The molecule has 0 aromatic carbocycles. The summed E-state index contributed by atoms with van der Waals surface area (Å²) in [5, 5.41) is 8.83. The Morgan fingerprint density at radius 2 is 2.43 bits per heavy atom. The Labute approximate surface area is 102 Å². The van der Waals surface area contributed by atoms with Gasteiger partial charge in [0, 0.05) is 16.9 Å². The predicted octanol–water partition coefficient (Wildman–Crippen LogP) is 2.46. The Morgan fingerprint density at radius 1 is 1.57 bits per heavy atom. The molecule has 1 N–H and O–H groups in total. The Bertz CT molecular complexity index is 439. The van der Waals surface area contributed by atoms with E-state index in [2.05, 4.69) is 37.5 Å². The molecule has 0 unspecified atom stereocenters. The first kappa shape index (κ1) is 9.99. The number of carbonyl (C=O) groups excluding carboxylic acids is 1. The number of amides is 1. The molecule has 0 saturated heterocycles. The largest absolute Gasteiger partial charge is 0.311 e. The second kappa shape index (κ2) is 4.32. The average Bonchev–Trinajstić information content (AvgIpc) is 2.75. The van der Waals surface area contributed by atoms with E-state index in [-0.39, 0.29) is 5.91 Å². The van der Waals surface area contributed by atoms with Crippen molar-refractivity contribution in [2.24, 2.45) is 0 Å². The Balaban J connectivity index is 2.10. The van der Waals surface area contributed by atoms with Gasteiger partial charge in [0.1, 0.15) is 5.00 Å². The van der Waals surface area contributed by atoms with Crippen LogP contribution in [0.25, 0.3) is 0 Å². The number of aromatic nitrogens is 2. The molecule has 14 heavy (non-hydrogen) atoms. The van der Waals surface area contributed by atoms with Gasteiger partial charge < -0.3 is 5.32 Å². The lowest BCUT2D eigenvalue weighted by Gasteiger charge is -1.96. The quantitative estimate of drug-likeness (QED) is 0.857. The fourth-order valence-electron chi connectivity index (χ4n) is 0.835. The monoisotopic (exact) mass is 337 g/mol. The van der Waals surface area contributed by atoms with Crippen LogP contribution in [-0.2, 0) is 0 Å². The minimum Gasteiger partial charge on any atom is -0.311 e. The number of rotatable bonds is 2. The SMILES string of the molecule is O=C(Nc1cnns1)c1csc(I)c1. The summed E-state index contributed by atoms with van der Waals surface area (Å²) < 4.78 is 4.74. The highest BCUT2D eigenvalue weighted by Crippen LogP contribution is 2.18. The maximum atomic E-state index is 11.6. The van der Waals surface area contributed by atoms with E-state index in [1.807, 2.05) is 11.4 Å². The Kier molecular flexibility index (Phi) is 3.08. The summed E-state index contributed by atoms with van der Waals surface area (Å²) in [5.74, 6) is -0.116. The van der Waals surface area contributed by atoms with E-state index in [0.717, 1.165) is 14.4 Å². The maximum Gasteiger partial charge on any atom is 0.257 e. The van der Waals surface area contributed by atoms with Crippen LogP contribution in [0.5, 0.6) is 0 Å². The summed E-state index contributed by atoms with van der Waals surface area (Å²) in [7, 11) is 0. The summed E-state index contributed by atoms with van der Waals surface area (Å²) in [4.78, 5) is 11.6. The number of carbonyl (C=O) groups is 1. The van der Waals surface area contributed by atoms with Gasteiger partial charge in [-0.25, -0.2) is 0 Å². The molecule has 0 bridgehead atoms. The molecule has 1 amide bonds. The number of nitrogens with zero attached hydrogens (tertiary/aromatic N) is 2. The van der Waals surface area contributed by atoms with Crippen LogP contribution in [-0.4, -0.2) is 15.5 Å². The Morgan fingerprint density at radius 3 is 3.00 bits per heavy atom. The summed E-state index contributed by atoms with van der Waals surface area (Å²) in [6, 6.07) is 1.84. The minimum atomic E-state index is -0.116. The summed E-state index contributed by atoms with van der Waals surface area (Å²) >= 11 is 4.88. The van der Waals surface area contributed by atoms with E-state index in [9.17, 15) is 4.79 Å². The molecule has 2 rings (SSSR count). The van der Waals surface area contributed by atoms with Crippen molar-refractivity contribution < 1.29 is 4.79 Å². The molecule has 0 fully saturated rings. The van der Waals surface area contributed by atoms with Gasteiger partial charge in [-0.3, -0.25) is 4.79 Å². The number of nitrogens with one attached hydrogen (secondary N) is 1. The van der Waals surface area contributed by atoms with Crippen molar-refractivity contribution in [2.75, 3.05) is 5.32 Å². The van der Waals surface area contributed by atoms with E-state index >= 15 is 0 Å². The van der Waals surface area contributed by atoms with Crippen LogP contribution in [0.1, 0.15) is 10.4 Å². The van der Waals surface area contributed by atoms with Gasteiger partial charge in [0.15, 0.2) is 0 Å². The number of hydrogen-bond acceptors (Lipinski definition) is 5. The second-order valence-electron chi connectivity index (χ2n) is 2.38. The van der Waals surface area contributed by atoms with Crippen LogP contribution in [0, 0.1) is 2.88 Å². The molecule has 0 radical (unpaired) electrons. The topological polar surface area (TPSA) is 54.9 Å². The lowest BCUT2D eigenvalue weighted by atomic mass is 10.3. The fraction of sp³-hybridized carbons (Fsp3) is 0. The van der Waals surface area contributed by atoms with Gasteiger partial charge in [-0.15, -0.1) is 16.4 Å². The lowest BCUT2D eigenvalue weighted by Crippen LogP contribution is -2.09. The molecular weight excluding hydrogens is 333 g/mol. The van der Waals surface area contributed by atoms with Gasteiger partial charge in [0.25, 0.3) is 5.91 Å². The van der Waals surface area contributed by atoms with Crippen molar-refractivity contribution in [2.45, 2.75) is 0 Å². The number of thiophene rings is 1. The lowest BCUT2D eigenvalue weighted by molar-refractivity contribution is 0.102. The first-order chi connectivity index (χ1) is 6.75. The van der Waals surface area contributed by atoms with Gasteiger partial charge in [-0.2, -0.15) is 0 Å². The third kappa shape index (κ3) is 2.28. The first-order valence-electron chi connectivity index (χ1n) is 3.58. The molecule has 0 spiro atoms. The van der Waals surface area contributed by atoms with Crippen LogP contribution < -0.4 is 5.32 Å². The molecule has 72 valence electrons. The molecule has 0 aliphatic heterocycles. The summed E-state index contributed by atoms with van der Waals surface area (Å²) in [6.45, 7) is 0. The van der Waals surface area contributed by atoms with Crippen LogP contribution in [0.4, 0.5) is 5.00 Å². The van der Waals surface area contributed by atoms with Crippen molar-refractivity contribution in [3.63, 3.8) is 0 Å². The van der Waals surface area contributed by atoms with E-state index in [0.29, 0.717) is 10.6 Å². The van der Waals surface area contributed by atoms with Crippen molar-refractivity contribution in [1.29, 1.82) is 0 Å². The predicted molar refractivity (Wildman–Crippen MR) is 64.9 cm³/mol. The number of hydrogen-bond donors (Lipinski definition) is 1. The molecule has 2 aromatic heterocycles. The van der Waals surface area contributed by atoms with Crippen molar-refractivity contribution >= 4 is 56.4 Å². The number of halogens is 1. The van der Waals surface area contributed by atoms with E-state index in [1.54, 1.807) is 11.3 Å². The van der Waals surface area contributed by atoms with Crippen molar-refractivity contribution in [1.82, 2.24) is 9.59 Å². The average molecular weight is 337 g/mol. The van der Waals surface area contributed by atoms with Gasteiger partial charge in [0.2, 0.25) is 0 Å². The maximum absolute atomic E-state index is 11.6. The zero-order valence-corrected chi connectivity index (χ0v) is 10.5. The minimum absolute atomic E-state index is 0.116. The standard InChI is InChI=1S/C7H4IN3OS2/c8-5-1-4(3-13-5)7(12)10-6-2-9-11-14-6/h1-3H,(H,10,12). The first-order valence-corrected chi connectivity index (χ1v) is 6.31. The smallest absolute Gasteiger partial charge is 0.257 e. The highest BCUT2D eigenvalue weighted by molar-refractivity contribution is 14.1. The van der Waals surface area contributed by atoms with Crippen LogP contribution in [0.2, 0.25) is 0 Å². The summed E-state index contributed by atoms with van der Waals surface area (Å²) in [6.07, 6.45) is 1.53. The third-order valence-corrected chi connectivity index (χ3v) is 3.80. The second-order valence-corrected chi connectivity index (χ2v) is 5.97. The van der Waals surface area contributed by atoms with Crippen molar-refractivity contribution in [3.05, 3.63) is 26.1 Å². The molecule has 0 atom stereocenters. The van der Waals surface area contributed by atoms with Crippen LogP contribution in [0.15, 0.2) is 17.6 Å².